The van der Waals surface area contributed by atoms with Gasteiger partial charge in [-0.2, -0.15) is 0 Å². The third kappa shape index (κ3) is 12.4. The van der Waals surface area contributed by atoms with Crippen LogP contribution < -0.4 is 38.9 Å². The van der Waals surface area contributed by atoms with E-state index in [1.54, 1.807) is 12.1 Å². The smallest absolute Gasteiger partial charge is 0.326 e. The molecule has 13 N–H and O–H groups in total. The Hall–Kier alpha value is -3.91. The minimum Gasteiger partial charge on any atom is -0.508 e. The van der Waals surface area contributed by atoms with Gasteiger partial charge in [0.05, 0.1) is 6.04 Å². The molecule has 0 saturated carbocycles. The van der Waals surface area contributed by atoms with Crippen LogP contribution in [0.25, 0.3) is 0 Å². The van der Waals surface area contributed by atoms with E-state index < -0.39 is 47.9 Å². The predicted octanol–water partition coefficient (Wildman–Crippen LogP) is -2.00. The molecule has 1 rings (SSSR count). The van der Waals surface area contributed by atoms with Crippen LogP contribution in [-0.4, -0.2) is 77.1 Å². The monoisotopic (exact) mass is 536 g/mol. The van der Waals surface area contributed by atoms with E-state index in [4.69, 9.17) is 22.9 Å². The van der Waals surface area contributed by atoms with Crippen molar-refractivity contribution < 1.29 is 29.4 Å². The number of phenols is 1. The Balaban J connectivity index is 2.87. The van der Waals surface area contributed by atoms with Crippen molar-refractivity contribution in [1.82, 2.24) is 16.0 Å². The van der Waals surface area contributed by atoms with Gasteiger partial charge in [-0.1, -0.05) is 12.1 Å². The van der Waals surface area contributed by atoms with Gasteiger partial charge in [-0.3, -0.25) is 19.4 Å². The van der Waals surface area contributed by atoms with E-state index >= 15 is 0 Å². The van der Waals surface area contributed by atoms with Crippen LogP contribution in [0, 0.1) is 0 Å². The Morgan fingerprint density at radius 3 is 2.11 bits per heavy atom. The molecule has 0 aliphatic heterocycles. The van der Waals surface area contributed by atoms with Gasteiger partial charge in [0.25, 0.3) is 0 Å². The topological polar surface area (TPSA) is 261 Å². The summed E-state index contributed by atoms with van der Waals surface area (Å²) in [7, 11) is 0. The largest absolute Gasteiger partial charge is 0.508 e. The number of carbonyl (C=O) groups excluding carboxylic acids is 3. The van der Waals surface area contributed by atoms with Crippen molar-refractivity contribution in [1.29, 1.82) is 0 Å². The first kappa shape index (κ1) is 32.1. The minimum atomic E-state index is -1.19. The highest BCUT2D eigenvalue weighted by Gasteiger charge is 2.28. The third-order valence-corrected chi connectivity index (χ3v) is 5.63. The number of carboxylic acid groups (broad SMARTS) is 1. The molecule has 14 heteroatoms. The number of carboxylic acids is 1. The second kappa shape index (κ2) is 16.8. The molecule has 0 fully saturated rings. The standard InChI is InChI=1S/C24H40N8O6/c1-14(20(34)31-18(23(37)38)6-2-3-11-25)30-22(36)19(13-15-7-9-16(33)10-8-15)32-21(35)17(26)5-4-12-29-24(27)28/h7-10,14,17-19,33H,2-6,11-13,25-26H2,1H3,(H,30,36)(H,31,34)(H,32,35)(H,37,38)(H4,27,28,29). The van der Waals surface area contributed by atoms with Crippen molar-refractivity contribution >= 4 is 29.7 Å². The normalized spacial score (nSPS) is 13.9. The van der Waals surface area contributed by atoms with Crippen molar-refractivity contribution in [2.75, 3.05) is 13.1 Å². The summed E-state index contributed by atoms with van der Waals surface area (Å²) in [6, 6.07) is 1.79. The average Bonchev–Trinajstić information content (AvgIpc) is 2.86. The molecule has 3 amide bonds. The van der Waals surface area contributed by atoms with Gasteiger partial charge in [-0.15, -0.1) is 0 Å². The van der Waals surface area contributed by atoms with Crippen molar-refractivity contribution in [3.8, 4) is 5.75 Å². The van der Waals surface area contributed by atoms with Gasteiger partial charge in [-0.25, -0.2) is 4.79 Å². The SMILES string of the molecule is CC(NC(=O)C(Cc1ccc(O)cc1)NC(=O)C(N)CCCN=C(N)N)C(=O)NC(CCCCN)C(=O)O. The fraction of sp³-hybridized carbons (Fsp3) is 0.542. The fourth-order valence-electron chi connectivity index (χ4n) is 3.43. The summed E-state index contributed by atoms with van der Waals surface area (Å²) in [6.45, 7) is 2.10. The average molecular weight is 537 g/mol. The Labute approximate surface area is 221 Å². The number of rotatable bonds is 17. The van der Waals surface area contributed by atoms with Gasteiger partial charge in [0.2, 0.25) is 17.7 Å². The highest BCUT2D eigenvalue weighted by atomic mass is 16.4. The third-order valence-electron chi connectivity index (χ3n) is 5.63. The summed E-state index contributed by atoms with van der Waals surface area (Å²) in [5.41, 5.74) is 22.6. The second-order valence-corrected chi connectivity index (χ2v) is 8.90. The molecule has 4 unspecified atom stereocenters. The Kier molecular flexibility index (Phi) is 14.2. The number of aromatic hydroxyl groups is 1. The number of hydrogen-bond donors (Lipinski definition) is 9. The van der Waals surface area contributed by atoms with Gasteiger partial charge in [0.1, 0.15) is 23.9 Å². The van der Waals surface area contributed by atoms with Crippen LogP contribution in [0.5, 0.6) is 5.75 Å². The van der Waals surface area contributed by atoms with Crippen LogP contribution in [0.3, 0.4) is 0 Å². The number of carbonyl (C=O) groups is 4. The first-order valence-electron chi connectivity index (χ1n) is 12.4. The van der Waals surface area contributed by atoms with E-state index in [-0.39, 0.29) is 37.5 Å². The molecule has 0 spiro atoms. The summed E-state index contributed by atoms with van der Waals surface area (Å²) >= 11 is 0. The molecule has 0 bridgehead atoms. The van der Waals surface area contributed by atoms with Crippen LogP contribution in [-0.2, 0) is 25.6 Å². The zero-order chi connectivity index (χ0) is 28.7. The van der Waals surface area contributed by atoms with Crippen LogP contribution >= 0.6 is 0 Å². The molecule has 0 saturated heterocycles. The number of nitrogens with one attached hydrogen (secondary N) is 3. The van der Waals surface area contributed by atoms with Crippen LogP contribution in [0.2, 0.25) is 0 Å². The van der Waals surface area contributed by atoms with Crippen molar-refractivity contribution in [2.45, 2.75) is 69.6 Å². The lowest BCUT2D eigenvalue weighted by molar-refractivity contribution is -0.142. The van der Waals surface area contributed by atoms with Crippen molar-refractivity contribution in [3.05, 3.63) is 29.8 Å². The van der Waals surface area contributed by atoms with Gasteiger partial charge in [0, 0.05) is 13.0 Å². The zero-order valence-corrected chi connectivity index (χ0v) is 21.6. The Morgan fingerprint density at radius 1 is 0.895 bits per heavy atom. The molecular weight excluding hydrogens is 496 g/mol. The van der Waals surface area contributed by atoms with Gasteiger partial charge in [-0.05, 0) is 63.3 Å². The van der Waals surface area contributed by atoms with Crippen molar-refractivity contribution in [3.63, 3.8) is 0 Å². The van der Waals surface area contributed by atoms with Crippen LogP contribution in [0.4, 0.5) is 0 Å². The van der Waals surface area contributed by atoms with Gasteiger partial charge < -0.3 is 49.1 Å². The summed E-state index contributed by atoms with van der Waals surface area (Å²) < 4.78 is 0. The molecule has 14 nitrogen and oxygen atoms in total. The molecular formula is C24H40N8O6. The van der Waals surface area contributed by atoms with Crippen molar-refractivity contribution in [2.24, 2.45) is 27.9 Å². The first-order chi connectivity index (χ1) is 17.9. The first-order valence-corrected chi connectivity index (χ1v) is 12.4. The number of nitrogens with two attached hydrogens (primary N) is 4. The van der Waals surface area contributed by atoms with E-state index in [9.17, 15) is 29.4 Å². The lowest BCUT2D eigenvalue weighted by Crippen LogP contribution is -2.56. The van der Waals surface area contributed by atoms with Crippen LogP contribution in [0.15, 0.2) is 29.3 Å². The number of amides is 3. The molecule has 0 heterocycles. The van der Waals surface area contributed by atoms with E-state index in [0.29, 0.717) is 31.4 Å². The van der Waals surface area contributed by atoms with Crippen LogP contribution in [0.1, 0.15) is 44.6 Å². The Bertz CT molecular complexity index is 952. The maximum Gasteiger partial charge on any atom is 0.326 e. The molecule has 0 aliphatic carbocycles. The van der Waals surface area contributed by atoms with Gasteiger partial charge in [0.15, 0.2) is 5.96 Å². The lowest BCUT2D eigenvalue weighted by Gasteiger charge is -2.24. The minimum absolute atomic E-state index is 0.0336. The zero-order valence-electron chi connectivity index (χ0n) is 21.6. The summed E-state index contributed by atoms with van der Waals surface area (Å²) in [4.78, 5) is 53.7. The summed E-state index contributed by atoms with van der Waals surface area (Å²) in [5.74, 6) is -3.18. The summed E-state index contributed by atoms with van der Waals surface area (Å²) in [5, 5.41) is 26.5. The number of nitrogens with zero attached hydrogens (tertiary/aromatic N) is 1. The fourth-order valence-corrected chi connectivity index (χ4v) is 3.43. The van der Waals surface area contributed by atoms with E-state index in [1.165, 1.54) is 19.1 Å². The number of benzene rings is 1. The second-order valence-electron chi connectivity index (χ2n) is 8.90. The maximum absolute atomic E-state index is 13.1. The number of phenolic OH excluding ortho intramolecular Hbond substituents is 1. The lowest BCUT2D eigenvalue weighted by atomic mass is 10.0. The molecule has 1 aromatic rings. The number of aliphatic carboxylic acids is 1. The van der Waals surface area contributed by atoms with Gasteiger partial charge >= 0.3 is 5.97 Å². The highest BCUT2D eigenvalue weighted by molar-refractivity contribution is 5.94. The summed E-state index contributed by atoms with van der Waals surface area (Å²) in [6.07, 6.45) is 2.07. The molecule has 0 radical (unpaired) electrons. The molecule has 1 aromatic carbocycles. The number of unbranched alkanes of at least 4 members (excludes halogenated alkanes) is 1. The molecule has 4 atom stereocenters. The quantitative estimate of drug-likeness (QED) is 0.0600. The Morgan fingerprint density at radius 2 is 1.53 bits per heavy atom. The van der Waals surface area contributed by atoms with E-state index in [2.05, 4.69) is 20.9 Å². The predicted molar refractivity (Wildman–Crippen MR) is 142 cm³/mol. The highest BCUT2D eigenvalue weighted by Crippen LogP contribution is 2.12. The van der Waals surface area contributed by atoms with E-state index in [1.807, 2.05) is 0 Å². The number of hydrogen-bond acceptors (Lipinski definition) is 8. The number of guanidine groups is 1. The molecule has 0 aromatic heterocycles. The molecule has 212 valence electrons. The van der Waals surface area contributed by atoms with E-state index in [0.717, 1.165) is 0 Å². The molecule has 0 aliphatic rings. The molecule has 38 heavy (non-hydrogen) atoms. The number of aliphatic imine (C=N–C) groups is 1. The maximum atomic E-state index is 13.1.